The molecule has 0 bridgehead atoms. The average Bonchev–Trinajstić information content (AvgIpc) is 2.64. The summed E-state index contributed by atoms with van der Waals surface area (Å²) in [6, 6.07) is 4.01. The van der Waals surface area contributed by atoms with Crippen LogP contribution in [0.4, 0.5) is 5.82 Å². The second-order valence-electron chi connectivity index (χ2n) is 4.72. The maximum absolute atomic E-state index is 6.02. The van der Waals surface area contributed by atoms with Crippen molar-refractivity contribution in [2.75, 3.05) is 5.73 Å². The molecule has 21 heavy (non-hydrogen) atoms. The Morgan fingerprint density at radius 3 is 2.29 bits per heavy atom. The molecule has 0 saturated carbocycles. The number of hydrogen-bond acceptors (Lipinski definition) is 3. The minimum atomic E-state index is 0.503. The minimum Gasteiger partial charge on any atom is -0.383 e. The largest absolute Gasteiger partial charge is 0.383 e. The highest BCUT2D eigenvalue weighted by molar-refractivity contribution is 9.11. The second-order valence-corrected chi connectivity index (χ2v) is 7.35. The van der Waals surface area contributed by atoms with Crippen molar-refractivity contribution in [3.8, 4) is 5.69 Å². The molecule has 108 valence electrons. The highest BCUT2D eigenvalue weighted by atomic mass is 79.9. The predicted octanol–water partition coefficient (Wildman–Crippen LogP) is 4.91. The van der Waals surface area contributed by atoms with Crippen LogP contribution in [-0.4, -0.2) is 14.5 Å². The molecule has 0 radical (unpaired) electrons. The van der Waals surface area contributed by atoms with E-state index in [9.17, 15) is 0 Å². The average molecular weight is 475 g/mol. The molecule has 1 aromatic carbocycles. The Balaban J connectivity index is 2.48. The molecular formula is C14H11Br3N4. The Morgan fingerprint density at radius 1 is 1.05 bits per heavy atom. The summed E-state index contributed by atoms with van der Waals surface area (Å²) in [5.74, 6) is 0.503. The number of aryl methyl sites for hydroxylation is 1. The third kappa shape index (κ3) is 2.31. The predicted molar refractivity (Wildman–Crippen MR) is 95.9 cm³/mol. The Morgan fingerprint density at radius 2 is 1.67 bits per heavy atom. The van der Waals surface area contributed by atoms with Crippen LogP contribution in [0.2, 0.25) is 0 Å². The number of fused-ring (bicyclic) bond motifs is 1. The summed E-state index contributed by atoms with van der Waals surface area (Å²) in [6.07, 6.45) is 1.49. The van der Waals surface area contributed by atoms with Gasteiger partial charge in [-0.25, -0.2) is 9.97 Å². The lowest BCUT2D eigenvalue weighted by Crippen LogP contribution is -2.01. The van der Waals surface area contributed by atoms with Gasteiger partial charge in [0.15, 0.2) is 5.65 Å². The van der Waals surface area contributed by atoms with Gasteiger partial charge in [-0.2, -0.15) is 0 Å². The third-order valence-corrected chi connectivity index (χ3v) is 5.19. The van der Waals surface area contributed by atoms with E-state index in [-0.39, 0.29) is 0 Å². The quantitative estimate of drug-likeness (QED) is 0.545. The summed E-state index contributed by atoms with van der Waals surface area (Å²) in [7, 11) is 0. The lowest BCUT2D eigenvalue weighted by molar-refractivity contribution is 1.00. The van der Waals surface area contributed by atoms with Crippen LogP contribution in [0.25, 0.3) is 16.7 Å². The van der Waals surface area contributed by atoms with Gasteiger partial charge in [0.1, 0.15) is 12.1 Å². The van der Waals surface area contributed by atoms with E-state index in [1.807, 2.05) is 19.1 Å². The first-order valence-corrected chi connectivity index (χ1v) is 8.52. The van der Waals surface area contributed by atoms with Crippen LogP contribution >= 0.6 is 47.8 Å². The SMILES string of the molecule is Cc1c(C)n(-c2c(Br)cc(Br)cc2Br)c2ncnc(N)c12. The van der Waals surface area contributed by atoms with Crippen molar-refractivity contribution in [2.45, 2.75) is 13.8 Å². The van der Waals surface area contributed by atoms with Gasteiger partial charge in [-0.3, -0.25) is 4.57 Å². The van der Waals surface area contributed by atoms with E-state index in [1.54, 1.807) is 0 Å². The maximum atomic E-state index is 6.02. The second kappa shape index (κ2) is 5.37. The van der Waals surface area contributed by atoms with Crippen molar-refractivity contribution in [3.63, 3.8) is 0 Å². The van der Waals surface area contributed by atoms with E-state index >= 15 is 0 Å². The van der Waals surface area contributed by atoms with Crippen molar-refractivity contribution >= 4 is 64.6 Å². The fourth-order valence-electron chi connectivity index (χ4n) is 2.45. The highest BCUT2D eigenvalue weighted by Gasteiger charge is 2.19. The molecular weight excluding hydrogens is 464 g/mol. The van der Waals surface area contributed by atoms with Gasteiger partial charge < -0.3 is 5.73 Å². The number of hydrogen-bond donors (Lipinski definition) is 1. The van der Waals surface area contributed by atoms with Crippen LogP contribution in [0.15, 0.2) is 31.9 Å². The molecule has 7 heteroatoms. The van der Waals surface area contributed by atoms with Crippen LogP contribution < -0.4 is 5.73 Å². The molecule has 0 aliphatic carbocycles. The van der Waals surface area contributed by atoms with E-state index in [0.29, 0.717) is 5.82 Å². The molecule has 4 nitrogen and oxygen atoms in total. The fourth-order valence-corrected chi connectivity index (χ4v) is 5.06. The van der Waals surface area contributed by atoms with E-state index in [1.165, 1.54) is 6.33 Å². The van der Waals surface area contributed by atoms with Crippen LogP contribution in [-0.2, 0) is 0 Å². The van der Waals surface area contributed by atoms with Gasteiger partial charge in [-0.15, -0.1) is 0 Å². The van der Waals surface area contributed by atoms with Gasteiger partial charge in [-0.05, 0) is 63.4 Å². The van der Waals surface area contributed by atoms with Crippen molar-refractivity contribution in [3.05, 3.63) is 43.1 Å². The number of rotatable bonds is 1. The number of anilines is 1. The minimum absolute atomic E-state index is 0.503. The Labute approximate surface area is 147 Å². The summed E-state index contributed by atoms with van der Waals surface area (Å²) in [4.78, 5) is 8.52. The van der Waals surface area contributed by atoms with Gasteiger partial charge in [0, 0.05) is 19.1 Å². The molecule has 2 N–H and O–H groups in total. The van der Waals surface area contributed by atoms with Crippen LogP contribution in [0.1, 0.15) is 11.3 Å². The topological polar surface area (TPSA) is 56.7 Å². The molecule has 2 heterocycles. The molecule has 0 unspecified atom stereocenters. The molecule has 2 aromatic heterocycles. The summed E-state index contributed by atoms with van der Waals surface area (Å²) in [5.41, 5.74) is 9.99. The maximum Gasteiger partial charge on any atom is 0.150 e. The molecule has 0 aliphatic heterocycles. The van der Waals surface area contributed by atoms with Crippen molar-refractivity contribution in [2.24, 2.45) is 0 Å². The summed E-state index contributed by atoms with van der Waals surface area (Å²) < 4.78 is 5.00. The van der Waals surface area contributed by atoms with Crippen LogP contribution in [0, 0.1) is 13.8 Å². The zero-order valence-corrected chi connectivity index (χ0v) is 16.0. The molecule has 0 atom stereocenters. The van der Waals surface area contributed by atoms with Gasteiger partial charge in [0.05, 0.1) is 11.1 Å². The molecule has 3 rings (SSSR count). The molecule has 3 aromatic rings. The standard InChI is InChI=1S/C14H11Br3N4/c1-6-7(2)21(14-11(6)13(18)19-5-20-14)12-9(16)3-8(15)4-10(12)17/h3-5H,1-2H3,(H2,18,19,20). The molecule has 0 amide bonds. The van der Waals surface area contributed by atoms with Crippen LogP contribution in [0.3, 0.4) is 0 Å². The third-order valence-electron chi connectivity index (χ3n) is 3.53. The first-order chi connectivity index (χ1) is 9.91. The number of nitrogens with zero attached hydrogens (tertiary/aromatic N) is 3. The number of nitrogen functional groups attached to an aromatic ring is 1. The number of benzene rings is 1. The first-order valence-electron chi connectivity index (χ1n) is 6.14. The van der Waals surface area contributed by atoms with E-state index < -0.39 is 0 Å². The van der Waals surface area contributed by atoms with Gasteiger partial charge in [0.25, 0.3) is 0 Å². The summed E-state index contributed by atoms with van der Waals surface area (Å²) in [6.45, 7) is 4.09. The molecule has 0 fully saturated rings. The number of aromatic nitrogens is 3. The van der Waals surface area contributed by atoms with Crippen molar-refractivity contribution < 1.29 is 0 Å². The lowest BCUT2D eigenvalue weighted by Gasteiger charge is -2.13. The smallest absolute Gasteiger partial charge is 0.150 e. The summed E-state index contributed by atoms with van der Waals surface area (Å²) in [5, 5.41) is 0.900. The monoisotopic (exact) mass is 472 g/mol. The number of nitrogens with two attached hydrogens (primary N) is 1. The van der Waals surface area contributed by atoms with Crippen LogP contribution in [0.5, 0.6) is 0 Å². The van der Waals surface area contributed by atoms with Crippen molar-refractivity contribution in [1.82, 2.24) is 14.5 Å². The molecule has 0 saturated heterocycles. The Hall–Kier alpha value is -0.920. The molecule has 0 aliphatic rings. The zero-order chi connectivity index (χ0) is 15.3. The lowest BCUT2D eigenvalue weighted by atomic mass is 10.2. The van der Waals surface area contributed by atoms with Gasteiger partial charge in [0.2, 0.25) is 0 Å². The Bertz CT molecular complexity index is 847. The zero-order valence-electron chi connectivity index (χ0n) is 11.3. The number of halogens is 3. The van der Waals surface area contributed by atoms with E-state index in [0.717, 1.165) is 41.4 Å². The van der Waals surface area contributed by atoms with E-state index in [2.05, 4.69) is 69.2 Å². The Kier molecular flexibility index (Phi) is 3.83. The summed E-state index contributed by atoms with van der Waals surface area (Å²) >= 11 is 10.7. The molecule has 0 spiro atoms. The first kappa shape index (κ1) is 15.0. The van der Waals surface area contributed by atoms with Gasteiger partial charge in [-0.1, -0.05) is 15.9 Å². The normalized spacial score (nSPS) is 11.3. The van der Waals surface area contributed by atoms with Gasteiger partial charge >= 0.3 is 0 Å². The highest BCUT2D eigenvalue weighted by Crippen LogP contribution is 2.38. The van der Waals surface area contributed by atoms with E-state index in [4.69, 9.17) is 5.73 Å². The van der Waals surface area contributed by atoms with Crippen molar-refractivity contribution in [1.29, 1.82) is 0 Å². The fraction of sp³-hybridized carbons (Fsp3) is 0.143.